The van der Waals surface area contributed by atoms with E-state index in [2.05, 4.69) is 27.7 Å². The Morgan fingerprint density at radius 3 is 2.47 bits per heavy atom. The molecule has 0 aliphatic rings. The van der Waals surface area contributed by atoms with Crippen LogP contribution in [0.5, 0.6) is 0 Å². The van der Waals surface area contributed by atoms with Crippen LogP contribution in [0, 0.1) is 6.92 Å². The van der Waals surface area contributed by atoms with E-state index in [0.717, 1.165) is 22.3 Å². The van der Waals surface area contributed by atoms with Crippen molar-refractivity contribution in [1.82, 2.24) is 10.2 Å². The summed E-state index contributed by atoms with van der Waals surface area (Å²) in [5.74, 6) is 1.14. The zero-order valence-corrected chi connectivity index (χ0v) is 11.3. The van der Waals surface area contributed by atoms with Crippen LogP contribution in [-0.4, -0.2) is 10.2 Å². The molecule has 0 saturated carbocycles. The maximum absolute atomic E-state index is 5.61. The fraction of sp³-hybridized carbons (Fsp3) is 0.143. The van der Waals surface area contributed by atoms with Crippen molar-refractivity contribution in [1.29, 1.82) is 0 Å². The Morgan fingerprint density at radius 1 is 1.11 bits per heavy atom. The van der Waals surface area contributed by atoms with Gasteiger partial charge in [-0.2, -0.15) is 11.3 Å². The van der Waals surface area contributed by atoms with Gasteiger partial charge in [-0.25, -0.2) is 0 Å². The third-order valence-electron chi connectivity index (χ3n) is 2.92. The summed E-state index contributed by atoms with van der Waals surface area (Å²) in [5, 5.41) is 12.1. The zero-order chi connectivity index (χ0) is 13.2. The van der Waals surface area contributed by atoms with Crippen LogP contribution in [0.15, 0.2) is 39.4 Å². The van der Waals surface area contributed by atoms with Crippen LogP contribution >= 0.6 is 11.3 Å². The second kappa shape index (κ2) is 4.95. The van der Waals surface area contributed by atoms with Crippen LogP contribution in [0.2, 0.25) is 0 Å². The molecular formula is C14H13N3OS. The van der Waals surface area contributed by atoms with Crippen LogP contribution in [-0.2, 0) is 6.54 Å². The van der Waals surface area contributed by atoms with Crippen molar-refractivity contribution in [3.63, 3.8) is 0 Å². The molecule has 0 unspecified atom stereocenters. The normalized spacial score (nSPS) is 10.8. The summed E-state index contributed by atoms with van der Waals surface area (Å²) in [7, 11) is 0. The second-order valence-electron chi connectivity index (χ2n) is 4.23. The topological polar surface area (TPSA) is 64.9 Å². The Kier molecular flexibility index (Phi) is 3.15. The molecule has 1 aromatic carbocycles. The van der Waals surface area contributed by atoms with Crippen molar-refractivity contribution < 1.29 is 4.42 Å². The Labute approximate surface area is 114 Å². The van der Waals surface area contributed by atoms with Crippen LogP contribution in [0.25, 0.3) is 22.6 Å². The molecule has 2 N–H and O–H groups in total. The molecule has 2 aromatic heterocycles. The Morgan fingerprint density at radius 2 is 1.84 bits per heavy atom. The van der Waals surface area contributed by atoms with Crippen molar-refractivity contribution in [2.45, 2.75) is 13.5 Å². The first-order chi connectivity index (χ1) is 9.28. The lowest BCUT2D eigenvalue weighted by Gasteiger charge is -2.02. The van der Waals surface area contributed by atoms with E-state index in [1.807, 2.05) is 17.5 Å². The summed E-state index contributed by atoms with van der Waals surface area (Å²) < 4.78 is 5.50. The van der Waals surface area contributed by atoms with Gasteiger partial charge >= 0.3 is 0 Å². The molecule has 0 amide bonds. The summed E-state index contributed by atoms with van der Waals surface area (Å²) in [6.45, 7) is 2.35. The minimum absolute atomic E-state index is 0.555. The minimum Gasteiger partial charge on any atom is -0.421 e. The first kappa shape index (κ1) is 12.1. The molecule has 0 saturated heterocycles. The van der Waals surface area contributed by atoms with E-state index in [9.17, 15) is 0 Å². The molecule has 0 fully saturated rings. The van der Waals surface area contributed by atoms with Gasteiger partial charge in [0.2, 0.25) is 11.8 Å². The highest BCUT2D eigenvalue weighted by molar-refractivity contribution is 7.08. The molecule has 5 heteroatoms. The number of thiophene rings is 1. The van der Waals surface area contributed by atoms with Gasteiger partial charge in [0.15, 0.2) is 0 Å². The average molecular weight is 271 g/mol. The number of nitrogens with two attached hydrogens (primary N) is 1. The molecule has 3 rings (SSSR count). The van der Waals surface area contributed by atoms with E-state index >= 15 is 0 Å². The molecule has 0 aliphatic carbocycles. The monoisotopic (exact) mass is 271 g/mol. The highest BCUT2D eigenvalue weighted by Crippen LogP contribution is 2.34. The number of hydrogen-bond acceptors (Lipinski definition) is 5. The second-order valence-corrected chi connectivity index (χ2v) is 4.97. The summed E-state index contributed by atoms with van der Waals surface area (Å²) in [4.78, 5) is 0. The van der Waals surface area contributed by atoms with Gasteiger partial charge in [0.1, 0.15) is 0 Å². The minimum atomic E-state index is 0.555. The molecule has 3 aromatic rings. The zero-order valence-electron chi connectivity index (χ0n) is 10.5. The van der Waals surface area contributed by atoms with Crippen LogP contribution in [0.4, 0.5) is 0 Å². The van der Waals surface area contributed by atoms with Crippen LogP contribution in [0.3, 0.4) is 0 Å². The summed E-state index contributed by atoms with van der Waals surface area (Å²) in [5.41, 5.74) is 9.95. The summed E-state index contributed by atoms with van der Waals surface area (Å²) in [6, 6.07) is 8.21. The van der Waals surface area contributed by atoms with Crippen molar-refractivity contribution in [3.8, 4) is 22.6 Å². The molecular weight excluding hydrogens is 258 g/mol. The molecule has 0 bridgehead atoms. The largest absolute Gasteiger partial charge is 0.421 e. The van der Waals surface area contributed by atoms with Gasteiger partial charge in [-0.05, 0) is 16.5 Å². The molecule has 0 atom stereocenters. The number of hydrogen-bond donors (Lipinski definition) is 1. The number of rotatable bonds is 3. The number of benzene rings is 1. The lowest BCUT2D eigenvalue weighted by atomic mass is 10.0. The first-order valence-electron chi connectivity index (χ1n) is 5.94. The van der Waals surface area contributed by atoms with Crippen molar-refractivity contribution in [2.75, 3.05) is 0 Å². The maximum atomic E-state index is 5.61. The Hall–Kier alpha value is -1.98. The lowest BCUT2D eigenvalue weighted by molar-refractivity contribution is 0.533. The molecule has 4 nitrogen and oxygen atoms in total. The van der Waals surface area contributed by atoms with Gasteiger partial charge in [-0.15, -0.1) is 10.2 Å². The van der Waals surface area contributed by atoms with Crippen molar-refractivity contribution in [2.24, 2.45) is 5.73 Å². The number of aryl methyl sites for hydroxylation is 1. The molecule has 2 heterocycles. The smallest absolute Gasteiger partial charge is 0.249 e. The standard InChI is InChI=1S/C14H13N3OS/c1-9-16-17-14(18-9)13-8-19-7-12(13)11-4-2-10(6-15)3-5-11/h2-5,7-8H,6,15H2,1H3. The van der Waals surface area contributed by atoms with E-state index in [4.69, 9.17) is 10.2 Å². The third-order valence-corrected chi connectivity index (χ3v) is 3.66. The van der Waals surface area contributed by atoms with Crippen molar-refractivity contribution >= 4 is 11.3 Å². The highest BCUT2D eigenvalue weighted by atomic mass is 32.1. The first-order valence-corrected chi connectivity index (χ1v) is 6.88. The summed E-state index contributed by atoms with van der Waals surface area (Å²) in [6.07, 6.45) is 0. The van der Waals surface area contributed by atoms with Crippen molar-refractivity contribution in [3.05, 3.63) is 46.5 Å². The Balaban J connectivity index is 2.03. The van der Waals surface area contributed by atoms with E-state index in [-0.39, 0.29) is 0 Å². The molecule has 0 aliphatic heterocycles. The summed E-state index contributed by atoms with van der Waals surface area (Å²) >= 11 is 1.62. The predicted octanol–water partition coefficient (Wildman–Crippen LogP) is 3.23. The fourth-order valence-corrected chi connectivity index (χ4v) is 2.74. The average Bonchev–Trinajstić information content (AvgIpc) is 3.07. The lowest BCUT2D eigenvalue weighted by Crippen LogP contribution is -1.95. The molecule has 0 spiro atoms. The maximum Gasteiger partial charge on any atom is 0.249 e. The molecule has 96 valence electrons. The SMILES string of the molecule is Cc1nnc(-c2cscc2-c2ccc(CN)cc2)o1. The van der Waals surface area contributed by atoms with E-state index in [0.29, 0.717) is 18.3 Å². The van der Waals surface area contributed by atoms with Crippen LogP contribution in [0.1, 0.15) is 11.5 Å². The van der Waals surface area contributed by atoms with Gasteiger partial charge in [0, 0.05) is 24.4 Å². The van der Waals surface area contributed by atoms with Gasteiger partial charge in [-0.3, -0.25) is 0 Å². The van der Waals surface area contributed by atoms with E-state index in [1.165, 1.54) is 0 Å². The highest BCUT2D eigenvalue weighted by Gasteiger charge is 2.13. The third kappa shape index (κ3) is 2.30. The Bertz CT molecular complexity index is 685. The van der Waals surface area contributed by atoms with E-state index in [1.54, 1.807) is 18.3 Å². The van der Waals surface area contributed by atoms with Gasteiger partial charge in [0.05, 0.1) is 5.56 Å². The van der Waals surface area contributed by atoms with Crippen LogP contribution < -0.4 is 5.73 Å². The number of nitrogens with zero attached hydrogens (tertiary/aromatic N) is 2. The van der Waals surface area contributed by atoms with Gasteiger partial charge in [-0.1, -0.05) is 24.3 Å². The quantitative estimate of drug-likeness (QED) is 0.794. The van der Waals surface area contributed by atoms with Gasteiger partial charge in [0.25, 0.3) is 0 Å². The van der Waals surface area contributed by atoms with E-state index < -0.39 is 0 Å². The fourth-order valence-electron chi connectivity index (χ4n) is 1.91. The molecule has 19 heavy (non-hydrogen) atoms. The molecule has 0 radical (unpaired) electrons. The number of aromatic nitrogens is 2. The predicted molar refractivity (Wildman–Crippen MR) is 75.7 cm³/mol. The van der Waals surface area contributed by atoms with Gasteiger partial charge < -0.3 is 10.2 Å².